The molecule has 0 N–H and O–H groups in total. The third kappa shape index (κ3) is 3.50. The second kappa shape index (κ2) is 4.47. The fraction of sp³-hybridized carbons (Fsp3) is 1.00. The van der Waals surface area contributed by atoms with Gasteiger partial charge in [0.25, 0.3) is 0 Å². The molecule has 0 heteroatoms. The summed E-state index contributed by atoms with van der Waals surface area (Å²) in [5.74, 6) is 3.24. The predicted molar refractivity (Wildman–Crippen MR) is 66.9 cm³/mol. The van der Waals surface area contributed by atoms with E-state index in [1.165, 1.54) is 32.1 Å². The SMILES string of the molecule is CC(C)(C)CC1CC2CCCCC(C2)C1. The van der Waals surface area contributed by atoms with Gasteiger partial charge in [-0.15, -0.1) is 0 Å². The van der Waals surface area contributed by atoms with Gasteiger partial charge in [-0.05, 0) is 48.9 Å². The molecule has 2 aliphatic rings. The Balaban J connectivity index is 1.92. The van der Waals surface area contributed by atoms with E-state index in [0.717, 1.165) is 17.8 Å². The van der Waals surface area contributed by atoms with Crippen LogP contribution in [0.25, 0.3) is 0 Å². The van der Waals surface area contributed by atoms with Gasteiger partial charge >= 0.3 is 0 Å². The van der Waals surface area contributed by atoms with Gasteiger partial charge in [-0.2, -0.15) is 0 Å². The van der Waals surface area contributed by atoms with E-state index < -0.39 is 0 Å². The van der Waals surface area contributed by atoms with E-state index in [1.54, 1.807) is 19.3 Å². The molecular formula is C15H28. The molecule has 2 bridgehead atoms. The highest BCUT2D eigenvalue weighted by atomic mass is 14.4. The molecule has 2 unspecified atom stereocenters. The lowest BCUT2D eigenvalue weighted by Crippen LogP contribution is -2.24. The molecule has 0 heterocycles. The van der Waals surface area contributed by atoms with Crippen molar-refractivity contribution in [3.05, 3.63) is 0 Å². The summed E-state index contributed by atoms with van der Waals surface area (Å²) in [5, 5.41) is 0. The smallest absolute Gasteiger partial charge is 0.0380 e. The molecule has 2 aliphatic carbocycles. The number of hydrogen-bond donors (Lipinski definition) is 0. The zero-order valence-corrected chi connectivity index (χ0v) is 10.9. The molecule has 0 aromatic heterocycles. The largest absolute Gasteiger partial charge is 0.0602 e. The fourth-order valence-corrected chi connectivity index (χ4v) is 4.07. The van der Waals surface area contributed by atoms with Crippen molar-refractivity contribution >= 4 is 0 Å². The molecule has 2 fully saturated rings. The molecule has 2 saturated carbocycles. The highest BCUT2D eigenvalue weighted by Gasteiger charge is 2.32. The van der Waals surface area contributed by atoms with Crippen LogP contribution in [0.3, 0.4) is 0 Å². The van der Waals surface area contributed by atoms with Crippen LogP contribution in [0.15, 0.2) is 0 Å². The highest BCUT2D eigenvalue weighted by molar-refractivity contribution is 4.83. The minimum atomic E-state index is 0.547. The minimum Gasteiger partial charge on any atom is -0.0602 e. The van der Waals surface area contributed by atoms with Crippen molar-refractivity contribution in [1.82, 2.24) is 0 Å². The van der Waals surface area contributed by atoms with Gasteiger partial charge in [-0.1, -0.05) is 46.5 Å². The fourth-order valence-electron chi connectivity index (χ4n) is 4.07. The van der Waals surface area contributed by atoms with Crippen molar-refractivity contribution in [3.8, 4) is 0 Å². The Morgan fingerprint density at radius 2 is 1.40 bits per heavy atom. The lowest BCUT2D eigenvalue weighted by Gasteiger charge is -2.36. The van der Waals surface area contributed by atoms with Crippen molar-refractivity contribution in [2.45, 2.75) is 72.1 Å². The number of fused-ring (bicyclic) bond motifs is 2. The summed E-state index contributed by atoms with van der Waals surface area (Å²) in [5.41, 5.74) is 0.547. The standard InChI is InChI=1S/C15H28/c1-15(2,3)11-14-9-12-6-4-5-7-13(8-12)10-14/h12-14H,4-11H2,1-3H3. The van der Waals surface area contributed by atoms with Gasteiger partial charge < -0.3 is 0 Å². The molecule has 0 saturated heterocycles. The minimum absolute atomic E-state index is 0.547. The zero-order chi connectivity index (χ0) is 10.9. The Labute approximate surface area is 95.8 Å². The van der Waals surface area contributed by atoms with Gasteiger partial charge in [0.05, 0.1) is 0 Å². The summed E-state index contributed by atoms with van der Waals surface area (Å²) in [4.78, 5) is 0. The molecular weight excluding hydrogens is 180 g/mol. The van der Waals surface area contributed by atoms with Gasteiger partial charge in [0.1, 0.15) is 0 Å². The number of hydrogen-bond acceptors (Lipinski definition) is 0. The molecule has 0 spiro atoms. The summed E-state index contributed by atoms with van der Waals surface area (Å²) in [6, 6.07) is 0. The van der Waals surface area contributed by atoms with E-state index in [1.807, 2.05) is 0 Å². The van der Waals surface area contributed by atoms with Gasteiger partial charge in [-0.25, -0.2) is 0 Å². The van der Waals surface area contributed by atoms with Crippen LogP contribution in [0.2, 0.25) is 0 Å². The van der Waals surface area contributed by atoms with Crippen molar-refractivity contribution in [3.63, 3.8) is 0 Å². The molecule has 15 heavy (non-hydrogen) atoms. The molecule has 0 radical (unpaired) electrons. The third-order valence-electron chi connectivity index (χ3n) is 4.38. The first kappa shape index (κ1) is 11.5. The van der Waals surface area contributed by atoms with Crippen molar-refractivity contribution in [1.29, 1.82) is 0 Å². The second-order valence-corrected chi connectivity index (χ2v) is 7.35. The van der Waals surface area contributed by atoms with E-state index in [9.17, 15) is 0 Å². The van der Waals surface area contributed by atoms with Crippen LogP contribution < -0.4 is 0 Å². The second-order valence-electron chi connectivity index (χ2n) is 7.35. The molecule has 2 rings (SSSR count). The van der Waals surface area contributed by atoms with Crippen molar-refractivity contribution < 1.29 is 0 Å². The van der Waals surface area contributed by atoms with Gasteiger partial charge in [0.2, 0.25) is 0 Å². The van der Waals surface area contributed by atoms with Crippen LogP contribution in [-0.4, -0.2) is 0 Å². The van der Waals surface area contributed by atoms with Crippen LogP contribution in [0.5, 0.6) is 0 Å². The third-order valence-corrected chi connectivity index (χ3v) is 4.38. The Morgan fingerprint density at radius 3 is 1.87 bits per heavy atom. The van der Waals surface area contributed by atoms with E-state index >= 15 is 0 Å². The predicted octanol–water partition coefficient (Wildman–Crippen LogP) is 5.03. The van der Waals surface area contributed by atoms with Crippen LogP contribution in [0.1, 0.15) is 72.1 Å². The summed E-state index contributed by atoms with van der Waals surface area (Å²) < 4.78 is 0. The van der Waals surface area contributed by atoms with Crippen LogP contribution in [0, 0.1) is 23.2 Å². The zero-order valence-electron chi connectivity index (χ0n) is 10.9. The van der Waals surface area contributed by atoms with Crippen molar-refractivity contribution in [2.24, 2.45) is 23.2 Å². The topological polar surface area (TPSA) is 0 Å². The molecule has 0 aromatic carbocycles. The van der Waals surface area contributed by atoms with E-state index in [4.69, 9.17) is 0 Å². The van der Waals surface area contributed by atoms with E-state index in [-0.39, 0.29) is 0 Å². The normalized spacial score (nSPS) is 37.4. The Kier molecular flexibility index (Phi) is 3.42. The first-order valence-electron chi connectivity index (χ1n) is 7.03. The first-order chi connectivity index (χ1) is 7.03. The lowest BCUT2D eigenvalue weighted by atomic mass is 9.70. The highest BCUT2D eigenvalue weighted by Crippen LogP contribution is 2.44. The Morgan fingerprint density at radius 1 is 0.867 bits per heavy atom. The van der Waals surface area contributed by atoms with Crippen LogP contribution in [0.4, 0.5) is 0 Å². The van der Waals surface area contributed by atoms with E-state index in [2.05, 4.69) is 20.8 Å². The maximum absolute atomic E-state index is 2.41. The molecule has 0 nitrogen and oxygen atoms in total. The van der Waals surface area contributed by atoms with Gasteiger partial charge in [0.15, 0.2) is 0 Å². The molecule has 88 valence electrons. The average molecular weight is 208 g/mol. The van der Waals surface area contributed by atoms with Gasteiger partial charge in [0, 0.05) is 0 Å². The number of rotatable bonds is 1. The summed E-state index contributed by atoms with van der Waals surface area (Å²) in [7, 11) is 0. The van der Waals surface area contributed by atoms with Crippen LogP contribution in [-0.2, 0) is 0 Å². The van der Waals surface area contributed by atoms with Gasteiger partial charge in [-0.3, -0.25) is 0 Å². The molecule has 0 aliphatic heterocycles. The first-order valence-corrected chi connectivity index (χ1v) is 7.03. The Hall–Kier alpha value is 0. The molecule has 2 atom stereocenters. The summed E-state index contributed by atoms with van der Waals surface area (Å²) >= 11 is 0. The summed E-state index contributed by atoms with van der Waals surface area (Å²) in [6.45, 7) is 7.22. The molecule has 0 aromatic rings. The van der Waals surface area contributed by atoms with Crippen LogP contribution >= 0.6 is 0 Å². The summed E-state index contributed by atoms with van der Waals surface area (Å²) in [6.07, 6.45) is 12.2. The monoisotopic (exact) mass is 208 g/mol. The maximum atomic E-state index is 2.41. The molecule has 0 amide bonds. The van der Waals surface area contributed by atoms with Crippen molar-refractivity contribution in [2.75, 3.05) is 0 Å². The quantitative estimate of drug-likeness (QED) is 0.567. The lowest BCUT2D eigenvalue weighted by molar-refractivity contribution is 0.152. The average Bonchev–Trinajstić information content (AvgIpc) is 2.24. The maximum Gasteiger partial charge on any atom is -0.0380 e. The Bertz CT molecular complexity index is 185. The van der Waals surface area contributed by atoms with E-state index in [0.29, 0.717) is 5.41 Å².